The van der Waals surface area contributed by atoms with E-state index >= 15 is 0 Å². The van der Waals surface area contributed by atoms with Crippen LogP contribution in [-0.2, 0) is 37.3 Å². The van der Waals surface area contributed by atoms with Gasteiger partial charge in [0, 0.05) is 25.8 Å². The first-order chi connectivity index (χ1) is 22.5. The Kier molecular flexibility index (Phi) is 15.6. The number of esters is 1. The predicted octanol–water partition coefficient (Wildman–Crippen LogP) is 6.24. The molecular weight excluding hydrogens is 627 g/mol. The fraction of sp³-hybridized carbons (Fsp3) is 0.500. The van der Waals surface area contributed by atoms with Gasteiger partial charge in [-0.1, -0.05) is 54.6 Å². The lowest BCUT2D eigenvalue weighted by atomic mass is 9.98. The number of hydrogen-bond acceptors (Lipinski definition) is 10. The first kappa shape index (κ1) is 37.9. The highest BCUT2D eigenvalue weighted by Gasteiger charge is 2.29. The fourth-order valence-electron chi connectivity index (χ4n) is 4.72. The number of carbonyl (C=O) groups excluding carboxylic acids is 3. The lowest BCUT2D eigenvalue weighted by molar-refractivity contribution is -0.146. The molecule has 1 unspecified atom stereocenters. The van der Waals surface area contributed by atoms with Crippen molar-refractivity contribution in [3.05, 3.63) is 72.3 Å². The number of alkyl carbamates (subject to hydrolysis) is 2. The van der Waals surface area contributed by atoms with Gasteiger partial charge in [-0.15, -0.1) is 6.58 Å². The third kappa shape index (κ3) is 13.6. The van der Waals surface area contributed by atoms with Crippen LogP contribution in [0.1, 0.15) is 58.1 Å². The summed E-state index contributed by atoms with van der Waals surface area (Å²) >= 11 is 0. The van der Waals surface area contributed by atoms with Crippen molar-refractivity contribution in [1.29, 1.82) is 0 Å². The Morgan fingerprint density at radius 1 is 0.936 bits per heavy atom. The van der Waals surface area contributed by atoms with Gasteiger partial charge in [-0.2, -0.15) is 0 Å². The Morgan fingerprint density at radius 2 is 1.60 bits per heavy atom. The maximum Gasteiger partial charge on any atom is 0.408 e. The van der Waals surface area contributed by atoms with Crippen molar-refractivity contribution in [3.63, 3.8) is 0 Å². The number of ether oxygens (including phenoxy) is 4. The van der Waals surface area contributed by atoms with E-state index in [9.17, 15) is 14.4 Å². The standard InChI is InChI=1S/C34H47N2O10P/c1-7-18-42-47(44-22-26(36-33(39)46-34(4,5)6)21-40-19-16-24(2)45-25(3)37)43-20-17-35-32(38)41-23-31-29-14-10-8-12-27(29)28-13-9-11-15-30(28)31/h7-15,24,26,31H,1,16-23H2,2-6H3,(H,35,38)(H,36,39)/t24-,26-,47?/m1/s1. The van der Waals surface area contributed by atoms with Gasteiger partial charge in [0.05, 0.1) is 39.1 Å². The van der Waals surface area contributed by atoms with E-state index in [0.717, 1.165) is 22.3 Å². The van der Waals surface area contributed by atoms with E-state index in [1.165, 1.54) is 6.92 Å². The first-order valence-electron chi connectivity index (χ1n) is 15.6. The zero-order valence-electron chi connectivity index (χ0n) is 27.8. The van der Waals surface area contributed by atoms with Crippen molar-refractivity contribution in [2.75, 3.05) is 46.2 Å². The molecule has 0 saturated heterocycles. The van der Waals surface area contributed by atoms with Gasteiger partial charge in [0.1, 0.15) is 18.3 Å². The molecule has 2 amide bonds. The molecular formula is C34H47N2O10P. The zero-order valence-corrected chi connectivity index (χ0v) is 28.7. The summed E-state index contributed by atoms with van der Waals surface area (Å²) in [5.74, 6) is -0.404. The lowest BCUT2D eigenvalue weighted by Crippen LogP contribution is -2.44. The molecule has 0 saturated carbocycles. The summed E-state index contributed by atoms with van der Waals surface area (Å²) in [6.07, 6.45) is 0.536. The SMILES string of the molecule is C=CCOP(OCCNC(=O)OCC1c2ccccc2-c2ccccc21)OC[C@@H](COCC[C@@H](C)OC(C)=O)NC(=O)OC(C)(C)C. The average molecular weight is 675 g/mol. The molecule has 0 aliphatic heterocycles. The van der Waals surface area contributed by atoms with E-state index in [1.807, 2.05) is 24.3 Å². The van der Waals surface area contributed by atoms with Gasteiger partial charge in [0.2, 0.25) is 0 Å². The number of benzene rings is 2. The lowest BCUT2D eigenvalue weighted by Gasteiger charge is -2.25. The molecule has 2 aromatic rings. The molecule has 0 aromatic heterocycles. The maximum absolute atomic E-state index is 12.5. The van der Waals surface area contributed by atoms with Gasteiger partial charge < -0.3 is 43.2 Å². The quantitative estimate of drug-likeness (QED) is 0.0579. The van der Waals surface area contributed by atoms with Gasteiger partial charge in [0.25, 0.3) is 0 Å². The van der Waals surface area contributed by atoms with Crippen LogP contribution >= 0.6 is 8.60 Å². The predicted molar refractivity (Wildman–Crippen MR) is 178 cm³/mol. The van der Waals surface area contributed by atoms with E-state index < -0.39 is 32.4 Å². The van der Waals surface area contributed by atoms with E-state index in [-0.39, 0.29) is 57.6 Å². The summed E-state index contributed by atoms with van der Waals surface area (Å²) < 4.78 is 39.1. The minimum absolute atomic E-state index is 0.0125. The van der Waals surface area contributed by atoms with Gasteiger partial charge in [-0.25, -0.2) is 9.59 Å². The van der Waals surface area contributed by atoms with Gasteiger partial charge >= 0.3 is 26.8 Å². The Bertz CT molecular complexity index is 1270. The van der Waals surface area contributed by atoms with E-state index in [0.29, 0.717) is 13.0 Å². The molecule has 0 spiro atoms. The molecule has 0 radical (unpaired) electrons. The topological polar surface area (TPSA) is 140 Å². The zero-order chi connectivity index (χ0) is 34.2. The van der Waals surface area contributed by atoms with Gasteiger partial charge in [-0.3, -0.25) is 4.79 Å². The largest absolute Gasteiger partial charge is 0.463 e. The van der Waals surface area contributed by atoms with Gasteiger partial charge in [0.15, 0.2) is 0 Å². The van der Waals surface area contributed by atoms with Crippen LogP contribution < -0.4 is 10.6 Å². The van der Waals surface area contributed by atoms with Crippen LogP contribution in [0.15, 0.2) is 61.2 Å². The van der Waals surface area contributed by atoms with Crippen molar-refractivity contribution >= 4 is 26.8 Å². The molecule has 47 heavy (non-hydrogen) atoms. The van der Waals surface area contributed by atoms with Crippen LogP contribution in [-0.4, -0.2) is 82.1 Å². The summed E-state index contributed by atoms with van der Waals surface area (Å²) in [6, 6.07) is 15.7. The molecule has 2 N–H and O–H groups in total. The molecule has 0 fully saturated rings. The molecule has 12 nitrogen and oxygen atoms in total. The number of rotatable bonds is 19. The third-order valence-corrected chi connectivity index (χ3v) is 7.78. The average Bonchev–Trinajstić information content (AvgIpc) is 3.33. The molecule has 1 aliphatic carbocycles. The number of carbonyl (C=O) groups is 3. The van der Waals surface area contributed by atoms with Crippen molar-refractivity contribution in [2.45, 2.75) is 64.7 Å². The Labute approximate surface area is 278 Å². The Morgan fingerprint density at radius 3 is 2.21 bits per heavy atom. The molecule has 3 rings (SSSR count). The summed E-state index contributed by atoms with van der Waals surface area (Å²) in [5, 5.41) is 5.45. The second-order valence-corrected chi connectivity index (χ2v) is 13.0. The normalized spacial score (nSPS) is 14.2. The molecule has 3 atom stereocenters. The van der Waals surface area contributed by atoms with Gasteiger partial charge in [-0.05, 0) is 49.9 Å². The van der Waals surface area contributed by atoms with E-state index in [4.69, 9.17) is 32.5 Å². The van der Waals surface area contributed by atoms with Crippen molar-refractivity contribution in [1.82, 2.24) is 10.6 Å². The van der Waals surface area contributed by atoms with E-state index in [2.05, 4.69) is 41.5 Å². The summed E-state index contributed by atoms with van der Waals surface area (Å²) in [5.41, 5.74) is 3.88. The highest BCUT2D eigenvalue weighted by atomic mass is 31.2. The van der Waals surface area contributed by atoms with Crippen LogP contribution in [0.2, 0.25) is 0 Å². The van der Waals surface area contributed by atoms with E-state index in [1.54, 1.807) is 33.8 Å². The molecule has 2 aromatic carbocycles. The second-order valence-electron chi connectivity index (χ2n) is 11.8. The molecule has 0 heterocycles. The fourth-order valence-corrected chi connectivity index (χ4v) is 5.71. The smallest absolute Gasteiger partial charge is 0.408 e. The molecule has 13 heteroatoms. The molecule has 258 valence electrons. The van der Waals surface area contributed by atoms with Crippen LogP contribution in [0, 0.1) is 0 Å². The maximum atomic E-state index is 12.5. The summed E-state index contributed by atoms with van der Waals surface area (Å²) in [4.78, 5) is 36.1. The summed E-state index contributed by atoms with van der Waals surface area (Å²) in [6.45, 7) is 13.1. The van der Waals surface area contributed by atoms with Crippen LogP contribution in [0.25, 0.3) is 11.1 Å². The Hall–Kier alpha value is -3.54. The minimum Gasteiger partial charge on any atom is -0.463 e. The van der Waals surface area contributed by atoms with Crippen molar-refractivity contribution in [3.8, 4) is 11.1 Å². The van der Waals surface area contributed by atoms with Crippen molar-refractivity contribution < 1.29 is 46.9 Å². The number of nitrogens with one attached hydrogen (secondary N) is 2. The van der Waals surface area contributed by atoms with Crippen molar-refractivity contribution in [2.24, 2.45) is 0 Å². The highest BCUT2D eigenvalue weighted by molar-refractivity contribution is 7.41. The molecule has 0 bridgehead atoms. The first-order valence-corrected chi connectivity index (χ1v) is 16.7. The molecule has 1 aliphatic rings. The number of amides is 2. The number of fused-ring (bicyclic) bond motifs is 3. The monoisotopic (exact) mass is 674 g/mol. The van der Waals surface area contributed by atoms with Crippen LogP contribution in [0.3, 0.4) is 0 Å². The van der Waals surface area contributed by atoms with Crippen LogP contribution in [0.4, 0.5) is 9.59 Å². The van der Waals surface area contributed by atoms with Crippen LogP contribution in [0.5, 0.6) is 0 Å². The second kappa shape index (κ2) is 19.3. The summed E-state index contributed by atoms with van der Waals surface area (Å²) in [7, 11) is -1.86. The highest BCUT2D eigenvalue weighted by Crippen LogP contribution is 2.44. The Balaban J connectivity index is 1.45. The minimum atomic E-state index is -1.86. The number of hydrogen-bond donors (Lipinski definition) is 2. The third-order valence-electron chi connectivity index (χ3n) is 6.67.